The highest BCUT2D eigenvalue weighted by atomic mass is 16.6. The van der Waals surface area contributed by atoms with Crippen LogP contribution < -0.4 is 5.32 Å². The molecule has 1 aromatic carbocycles. The fourth-order valence-corrected chi connectivity index (χ4v) is 1.78. The average Bonchev–Trinajstić information content (AvgIpc) is 2.37. The average molecular weight is 295 g/mol. The zero-order chi connectivity index (χ0) is 16.2. The van der Waals surface area contributed by atoms with E-state index in [1.807, 2.05) is 13.8 Å². The van der Waals surface area contributed by atoms with Crippen molar-refractivity contribution in [3.8, 4) is 0 Å². The zero-order valence-electron chi connectivity index (χ0n) is 12.1. The molecule has 0 aliphatic carbocycles. The number of hydrogen-bond acceptors (Lipinski definition) is 5. The number of amides is 1. The third-order valence-electron chi connectivity index (χ3n) is 3.02. The van der Waals surface area contributed by atoms with Gasteiger partial charge < -0.3 is 5.32 Å². The summed E-state index contributed by atoms with van der Waals surface area (Å²) in [7, 11) is 0. The van der Waals surface area contributed by atoms with Gasteiger partial charge in [-0.3, -0.25) is 25.0 Å². The molecule has 0 saturated heterocycles. The first-order chi connectivity index (χ1) is 9.73. The molecule has 0 aliphatic rings. The van der Waals surface area contributed by atoms with Crippen molar-refractivity contribution >= 4 is 17.3 Å². The van der Waals surface area contributed by atoms with E-state index in [0.717, 1.165) is 18.6 Å². The van der Waals surface area contributed by atoms with Crippen molar-refractivity contribution in [2.75, 3.05) is 6.54 Å². The molecule has 0 unspecified atom stereocenters. The third-order valence-corrected chi connectivity index (χ3v) is 3.02. The maximum Gasteiger partial charge on any atom is 0.279 e. The summed E-state index contributed by atoms with van der Waals surface area (Å²) in [6.45, 7) is 5.80. The van der Waals surface area contributed by atoms with Crippen LogP contribution >= 0.6 is 0 Å². The Morgan fingerprint density at radius 2 is 1.86 bits per heavy atom. The Morgan fingerprint density at radius 3 is 2.33 bits per heavy atom. The first-order valence-corrected chi connectivity index (χ1v) is 6.45. The van der Waals surface area contributed by atoms with Gasteiger partial charge in [0.25, 0.3) is 17.3 Å². The Labute approximate surface area is 121 Å². The fourth-order valence-electron chi connectivity index (χ4n) is 1.78. The van der Waals surface area contributed by atoms with Crippen LogP contribution in [0.3, 0.4) is 0 Å². The molecule has 1 rings (SSSR count). The minimum absolute atomic E-state index is 0.0420. The number of benzene rings is 1. The molecule has 8 heteroatoms. The number of rotatable bonds is 6. The van der Waals surface area contributed by atoms with E-state index in [4.69, 9.17) is 0 Å². The monoisotopic (exact) mass is 295 g/mol. The standard InChI is InChI=1S/C13H17N3O5/c1-8(2)4-5-14-13(17)11-6-10(15(18)19)7-12(9(11)3)16(20)21/h6-8H,4-5H2,1-3H3,(H,14,17). The largest absolute Gasteiger partial charge is 0.352 e. The lowest BCUT2D eigenvalue weighted by Gasteiger charge is -2.09. The summed E-state index contributed by atoms with van der Waals surface area (Å²) < 4.78 is 0. The highest BCUT2D eigenvalue weighted by Gasteiger charge is 2.24. The summed E-state index contributed by atoms with van der Waals surface area (Å²) in [6.07, 6.45) is 0.752. The smallest absolute Gasteiger partial charge is 0.279 e. The number of hydrogen-bond donors (Lipinski definition) is 1. The number of nitro groups is 2. The second kappa shape index (κ2) is 6.78. The number of nitrogens with one attached hydrogen (secondary N) is 1. The van der Waals surface area contributed by atoms with Gasteiger partial charge in [0.1, 0.15) is 0 Å². The number of nitro benzene ring substituents is 2. The van der Waals surface area contributed by atoms with Crippen molar-refractivity contribution in [3.63, 3.8) is 0 Å². The molecule has 1 aromatic rings. The lowest BCUT2D eigenvalue weighted by atomic mass is 10.0. The molecular weight excluding hydrogens is 278 g/mol. The van der Waals surface area contributed by atoms with Gasteiger partial charge in [0.05, 0.1) is 21.5 Å². The van der Waals surface area contributed by atoms with Gasteiger partial charge in [0, 0.05) is 18.2 Å². The van der Waals surface area contributed by atoms with Crippen molar-refractivity contribution in [3.05, 3.63) is 43.5 Å². The highest BCUT2D eigenvalue weighted by molar-refractivity contribution is 5.97. The molecule has 0 aliphatic heterocycles. The van der Waals surface area contributed by atoms with E-state index in [2.05, 4.69) is 5.32 Å². The number of non-ortho nitro benzene ring substituents is 1. The first-order valence-electron chi connectivity index (χ1n) is 6.45. The van der Waals surface area contributed by atoms with E-state index < -0.39 is 27.1 Å². The van der Waals surface area contributed by atoms with Crippen molar-refractivity contribution in [2.24, 2.45) is 5.92 Å². The summed E-state index contributed by atoms with van der Waals surface area (Å²) in [5.41, 5.74) is -0.827. The van der Waals surface area contributed by atoms with Gasteiger partial charge in [-0.05, 0) is 19.3 Å². The molecule has 0 saturated carbocycles. The minimum atomic E-state index is -0.753. The van der Waals surface area contributed by atoms with Crippen LogP contribution in [-0.4, -0.2) is 22.3 Å². The van der Waals surface area contributed by atoms with Crippen molar-refractivity contribution < 1.29 is 14.6 Å². The summed E-state index contributed by atoms with van der Waals surface area (Å²) >= 11 is 0. The van der Waals surface area contributed by atoms with Crippen LogP contribution in [0.4, 0.5) is 11.4 Å². The van der Waals surface area contributed by atoms with Crippen LogP contribution in [0.5, 0.6) is 0 Å². The molecule has 114 valence electrons. The SMILES string of the molecule is Cc1c(C(=O)NCCC(C)C)cc([N+](=O)[O-])cc1[N+](=O)[O-]. The van der Waals surface area contributed by atoms with Crippen molar-refractivity contribution in [2.45, 2.75) is 27.2 Å². The predicted molar refractivity (Wildman–Crippen MR) is 76.3 cm³/mol. The minimum Gasteiger partial charge on any atom is -0.352 e. The van der Waals surface area contributed by atoms with E-state index >= 15 is 0 Å². The topological polar surface area (TPSA) is 115 Å². The second-order valence-corrected chi connectivity index (χ2v) is 5.09. The van der Waals surface area contributed by atoms with E-state index in [9.17, 15) is 25.0 Å². The molecule has 0 aromatic heterocycles. The Kier molecular flexibility index (Phi) is 5.34. The van der Waals surface area contributed by atoms with Gasteiger partial charge in [-0.2, -0.15) is 0 Å². The van der Waals surface area contributed by atoms with Crippen LogP contribution in [-0.2, 0) is 0 Å². The molecule has 0 bridgehead atoms. The van der Waals surface area contributed by atoms with Crippen LogP contribution in [0, 0.1) is 33.1 Å². The quantitative estimate of drug-likeness (QED) is 0.639. The van der Waals surface area contributed by atoms with Crippen LogP contribution in [0.25, 0.3) is 0 Å². The molecule has 0 fully saturated rings. The van der Waals surface area contributed by atoms with Crippen molar-refractivity contribution in [1.29, 1.82) is 0 Å². The van der Waals surface area contributed by atoms with Gasteiger partial charge in [-0.15, -0.1) is 0 Å². The highest BCUT2D eigenvalue weighted by Crippen LogP contribution is 2.27. The molecule has 0 spiro atoms. The molecule has 21 heavy (non-hydrogen) atoms. The van der Waals surface area contributed by atoms with E-state index in [1.165, 1.54) is 6.92 Å². The second-order valence-electron chi connectivity index (χ2n) is 5.09. The first kappa shape index (κ1) is 16.5. The Balaban J connectivity index is 3.12. The normalized spacial score (nSPS) is 10.5. The van der Waals surface area contributed by atoms with Crippen LogP contribution in [0.1, 0.15) is 36.2 Å². The van der Waals surface area contributed by atoms with Gasteiger partial charge in [0.15, 0.2) is 0 Å². The molecule has 0 heterocycles. The van der Waals surface area contributed by atoms with Crippen LogP contribution in [0.15, 0.2) is 12.1 Å². The third kappa shape index (κ3) is 4.23. The molecular formula is C13H17N3O5. The number of carbonyl (C=O) groups is 1. The summed E-state index contributed by atoms with van der Waals surface area (Å²) in [6, 6.07) is 1.92. The lowest BCUT2D eigenvalue weighted by molar-refractivity contribution is -0.394. The van der Waals surface area contributed by atoms with Gasteiger partial charge in [0.2, 0.25) is 0 Å². The molecule has 1 N–H and O–H groups in total. The number of carbonyl (C=O) groups excluding carboxylic acids is 1. The predicted octanol–water partition coefficient (Wildman–Crippen LogP) is 2.59. The van der Waals surface area contributed by atoms with Crippen molar-refractivity contribution in [1.82, 2.24) is 5.32 Å². The van der Waals surface area contributed by atoms with E-state index in [0.29, 0.717) is 12.5 Å². The fraction of sp³-hybridized carbons (Fsp3) is 0.462. The molecule has 0 radical (unpaired) electrons. The van der Waals surface area contributed by atoms with E-state index in [1.54, 1.807) is 0 Å². The lowest BCUT2D eigenvalue weighted by Crippen LogP contribution is -2.26. The van der Waals surface area contributed by atoms with Gasteiger partial charge >= 0.3 is 0 Å². The summed E-state index contributed by atoms with van der Waals surface area (Å²) in [4.78, 5) is 32.3. The molecule has 8 nitrogen and oxygen atoms in total. The number of nitrogens with zero attached hydrogens (tertiary/aromatic N) is 2. The maximum atomic E-state index is 12.0. The molecule has 0 atom stereocenters. The zero-order valence-corrected chi connectivity index (χ0v) is 12.1. The Morgan fingerprint density at radius 1 is 1.24 bits per heavy atom. The maximum absolute atomic E-state index is 12.0. The van der Waals surface area contributed by atoms with Gasteiger partial charge in [-0.1, -0.05) is 13.8 Å². The summed E-state index contributed by atoms with van der Waals surface area (Å²) in [5, 5.41) is 24.4. The Bertz CT molecular complexity index is 583. The van der Waals surface area contributed by atoms with Crippen LogP contribution in [0.2, 0.25) is 0 Å². The van der Waals surface area contributed by atoms with Gasteiger partial charge in [-0.25, -0.2) is 0 Å². The molecule has 1 amide bonds. The summed E-state index contributed by atoms with van der Waals surface area (Å²) in [5.74, 6) is -0.147. The Hall–Kier alpha value is -2.51. The van der Waals surface area contributed by atoms with E-state index in [-0.39, 0.29) is 11.1 Å².